The van der Waals surface area contributed by atoms with Gasteiger partial charge in [0, 0.05) is 16.2 Å². The molecule has 2 N–H and O–H groups in total. The number of benzene rings is 2. The fraction of sp³-hybridized carbons (Fsp3) is 0.294. The fourth-order valence-corrected chi connectivity index (χ4v) is 3.35. The highest BCUT2D eigenvalue weighted by molar-refractivity contribution is 9.10. The SMILES string of the molecule is OCc1ccc(NC2CC(c3ccccc3Br)C2)cc1. The number of hydrogen-bond donors (Lipinski definition) is 2. The van der Waals surface area contributed by atoms with E-state index in [-0.39, 0.29) is 6.61 Å². The molecule has 1 fully saturated rings. The Morgan fingerprint density at radius 1 is 1.05 bits per heavy atom. The molecule has 0 saturated heterocycles. The van der Waals surface area contributed by atoms with Gasteiger partial charge in [-0.3, -0.25) is 0 Å². The zero-order chi connectivity index (χ0) is 13.9. The van der Waals surface area contributed by atoms with Gasteiger partial charge in [0.2, 0.25) is 0 Å². The third-order valence-corrected chi connectivity index (χ3v) is 4.71. The van der Waals surface area contributed by atoms with Crippen LogP contribution in [0.2, 0.25) is 0 Å². The molecule has 0 aliphatic heterocycles. The molecule has 104 valence electrons. The van der Waals surface area contributed by atoms with Gasteiger partial charge in [0.15, 0.2) is 0 Å². The zero-order valence-corrected chi connectivity index (χ0v) is 12.8. The summed E-state index contributed by atoms with van der Waals surface area (Å²) < 4.78 is 1.22. The van der Waals surface area contributed by atoms with Crippen molar-refractivity contribution in [3.63, 3.8) is 0 Å². The summed E-state index contributed by atoms with van der Waals surface area (Å²) in [6.45, 7) is 0.105. The van der Waals surface area contributed by atoms with Crippen molar-refractivity contribution in [1.82, 2.24) is 0 Å². The van der Waals surface area contributed by atoms with Gasteiger partial charge in [0.1, 0.15) is 0 Å². The first-order valence-electron chi connectivity index (χ1n) is 6.97. The third-order valence-electron chi connectivity index (χ3n) is 3.99. The van der Waals surface area contributed by atoms with Gasteiger partial charge in [0.05, 0.1) is 6.61 Å². The van der Waals surface area contributed by atoms with E-state index in [0.717, 1.165) is 11.3 Å². The van der Waals surface area contributed by atoms with E-state index in [4.69, 9.17) is 5.11 Å². The van der Waals surface area contributed by atoms with Crippen LogP contribution in [0.1, 0.15) is 29.9 Å². The molecule has 1 saturated carbocycles. The van der Waals surface area contributed by atoms with Crippen molar-refractivity contribution in [1.29, 1.82) is 0 Å². The molecule has 3 heteroatoms. The molecule has 0 aromatic heterocycles. The summed E-state index contributed by atoms with van der Waals surface area (Å²) in [5.41, 5.74) is 3.51. The van der Waals surface area contributed by atoms with Crippen molar-refractivity contribution in [3.05, 3.63) is 64.1 Å². The Morgan fingerprint density at radius 3 is 2.40 bits per heavy atom. The van der Waals surface area contributed by atoms with Crippen molar-refractivity contribution < 1.29 is 5.11 Å². The van der Waals surface area contributed by atoms with Gasteiger partial charge in [0.25, 0.3) is 0 Å². The molecule has 0 atom stereocenters. The first kappa shape index (κ1) is 13.7. The molecule has 0 heterocycles. The molecular weight excluding hydrogens is 314 g/mol. The van der Waals surface area contributed by atoms with E-state index in [1.54, 1.807) is 0 Å². The highest BCUT2D eigenvalue weighted by atomic mass is 79.9. The lowest BCUT2D eigenvalue weighted by Crippen LogP contribution is -2.34. The number of nitrogens with one attached hydrogen (secondary N) is 1. The normalized spacial score (nSPS) is 21.3. The van der Waals surface area contributed by atoms with Crippen LogP contribution in [0.4, 0.5) is 5.69 Å². The van der Waals surface area contributed by atoms with Crippen LogP contribution in [0.5, 0.6) is 0 Å². The van der Waals surface area contributed by atoms with Gasteiger partial charge >= 0.3 is 0 Å². The minimum absolute atomic E-state index is 0.105. The molecule has 0 bridgehead atoms. The Hall–Kier alpha value is -1.32. The van der Waals surface area contributed by atoms with E-state index in [1.807, 2.05) is 24.3 Å². The molecular formula is C17H18BrNO. The fourth-order valence-electron chi connectivity index (χ4n) is 2.74. The first-order valence-corrected chi connectivity index (χ1v) is 7.76. The average molecular weight is 332 g/mol. The van der Waals surface area contributed by atoms with Crippen LogP contribution in [0.15, 0.2) is 53.0 Å². The van der Waals surface area contributed by atoms with Crippen LogP contribution in [0.3, 0.4) is 0 Å². The second-order valence-corrected chi connectivity index (χ2v) is 6.24. The van der Waals surface area contributed by atoms with E-state index in [1.165, 1.54) is 22.9 Å². The van der Waals surface area contributed by atoms with E-state index in [0.29, 0.717) is 12.0 Å². The Bertz CT molecular complexity index is 576. The Balaban J connectivity index is 1.56. The van der Waals surface area contributed by atoms with Gasteiger partial charge < -0.3 is 10.4 Å². The highest BCUT2D eigenvalue weighted by Crippen LogP contribution is 2.41. The third kappa shape index (κ3) is 2.89. The van der Waals surface area contributed by atoms with Crippen LogP contribution >= 0.6 is 15.9 Å². The summed E-state index contributed by atoms with van der Waals surface area (Å²) in [4.78, 5) is 0. The maximum atomic E-state index is 9.03. The summed E-state index contributed by atoms with van der Waals surface area (Å²) in [5.74, 6) is 0.653. The maximum Gasteiger partial charge on any atom is 0.0681 e. The highest BCUT2D eigenvalue weighted by Gasteiger charge is 2.31. The van der Waals surface area contributed by atoms with Crippen LogP contribution in [-0.2, 0) is 6.61 Å². The van der Waals surface area contributed by atoms with Gasteiger partial charge in [-0.1, -0.05) is 46.3 Å². The van der Waals surface area contributed by atoms with Gasteiger partial charge in [-0.2, -0.15) is 0 Å². The van der Waals surface area contributed by atoms with Gasteiger partial charge in [-0.15, -0.1) is 0 Å². The Morgan fingerprint density at radius 2 is 1.75 bits per heavy atom. The number of halogens is 1. The quantitative estimate of drug-likeness (QED) is 0.875. The molecule has 2 nitrogen and oxygen atoms in total. The number of aliphatic hydroxyl groups excluding tert-OH is 1. The average Bonchev–Trinajstić information content (AvgIpc) is 2.44. The molecule has 0 amide bonds. The van der Waals surface area contributed by atoms with Crippen LogP contribution in [0, 0.1) is 0 Å². The van der Waals surface area contributed by atoms with Crippen molar-refractivity contribution in [2.75, 3.05) is 5.32 Å². The molecule has 2 aromatic rings. The van der Waals surface area contributed by atoms with E-state index in [9.17, 15) is 0 Å². The molecule has 1 aliphatic carbocycles. The molecule has 0 unspecified atom stereocenters. The lowest BCUT2D eigenvalue weighted by atomic mass is 9.76. The number of hydrogen-bond acceptors (Lipinski definition) is 2. The first-order chi connectivity index (χ1) is 9.76. The molecule has 0 spiro atoms. The van der Waals surface area contributed by atoms with Gasteiger partial charge in [-0.25, -0.2) is 0 Å². The Labute approximate surface area is 128 Å². The molecule has 2 aromatic carbocycles. The summed E-state index contributed by atoms with van der Waals surface area (Å²) in [7, 11) is 0. The molecule has 1 aliphatic rings. The van der Waals surface area contributed by atoms with E-state index in [2.05, 4.69) is 45.5 Å². The van der Waals surface area contributed by atoms with Crippen LogP contribution in [-0.4, -0.2) is 11.1 Å². The second-order valence-electron chi connectivity index (χ2n) is 5.39. The summed E-state index contributed by atoms with van der Waals surface area (Å²) in [5, 5.41) is 12.6. The minimum Gasteiger partial charge on any atom is -0.392 e. The summed E-state index contributed by atoms with van der Waals surface area (Å²) in [6.07, 6.45) is 2.34. The summed E-state index contributed by atoms with van der Waals surface area (Å²) >= 11 is 3.63. The summed E-state index contributed by atoms with van der Waals surface area (Å²) in [6, 6.07) is 17.0. The maximum absolute atomic E-state index is 9.03. The van der Waals surface area contributed by atoms with Crippen LogP contribution in [0.25, 0.3) is 0 Å². The smallest absolute Gasteiger partial charge is 0.0681 e. The number of aliphatic hydroxyl groups is 1. The molecule has 0 radical (unpaired) electrons. The second kappa shape index (κ2) is 5.98. The minimum atomic E-state index is 0.105. The molecule has 20 heavy (non-hydrogen) atoms. The Kier molecular flexibility index (Phi) is 4.08. The van der Waals surface area contributed by atoms with Crippen molar-refractivity contribution >= 4 is 21.6 Å². The zero-order valence-electron chi connectivity index (χ0n) is 11.2. The number of rotatable bonds is 4. The predicted octanol–water partition coefficient (Wildman–Crippen LogP) is 4.30. The van der Waals surface area contributed by atoms with Gasteiger partial charge in [-0.05, 0) is 48.1 Å². The standard InChI is InChI=1S/C17H18BrNO/c18-17-4-2-1-3-16(17)13-9-15(10-13)19-14-7-5-12(11-20)6-8-14/h1-8,13,15,19-20H,9-11H2. The van der Waals surface area contributed by atoms with E-state index >= 15 is 0 Å². The lowest BCUT2D eigenvalue weighted by molar-refractivity contribution is 0.282. The lowest BCUT2D eigenvalue weighted by Gasteiger charge is -2.37. The predicted molar refractivity (Wildman–Crippen MR) is 85.9 cm³/mol. The monoisotopic (exact) mass is 331 g/mol. The van der Waals surface area contributed by atoms with Crippen molar-refractivity contribution in [2.24, 2.45) is 0 Å². The molecule has 3 rings (SSSR count). The van der Waals surface area contributed by atoms with E-state index < -0.39 is 0 Å². The van der Waals surface area contributed by atoms with Crippen molar-refractivity contribution in [3.8, 4) is 0 Å². The van der Waals surface area contributed by atoms with Crippen molar-refractivity contribution in [2.45, 2.75) is 31.4 Å². The largest absolute Gasteiger partial charge is 0.392 e. The topological polar surface area (TPSA) is 32.3 Å². The van der Waals surface area contributed by atoms with Crippen LogP contribution < -0.4 is 5.32 Å². The number of anilines is 1.